The summed E-state index contributed by atoms with van der Waals surface area (Å²) in [6, 6.07) is 11.7. The van der Waals surface area contributed by atoms with Crippen molar-refractivity contribution in [3.63, 3.8) is 0 Å². The first-order chi connectivity index (χ1) is 16.7. The van der Waals surface area contributed by atoms with Crippen LogP contribution in [0.15, 0.2) is 55.8 Å². The lowest BCUT2D eigenvalue weighted by molar-refractivity contribution is 0.174. The Labute approximate surface area is 204 Å². The smallest absolute Gasteiger partial charge is 0.262 e. The van der Waals surface area contributed by atoms with Gasteiger partial charge < -0.3 is 14.0 Å². The minimum atomic E-state index is -0.0437. The molecule has 8 nitrogen and oxygen atoms in total. The topological polar surface area (TPSA) is 92.3 Å². The fourth-order valence-corrected chi connectivity index (χ4v) is 5.76. The van der Waals surface area contributed by atoms with Crippen molar-refractivity contribution in [1.29, 1.82) is 0 Å². The lowest BCUT2D eigenvalue weighted by Crippen LogP contribution is -2.26. The monoisotopic (exact) mass is 494 g/mol. The molecule has 1 aliphatic carbocycles. The Kier molecular flexibility index (Phi) is 5.70. The molecular formula is C24H22N4O4S2. The quantitative estimate of drug-likeness (QED) is 0.261. The van der Waals surface area contributed by atoms with Crippen LogP contribution in [0.5, 0.6) is 11.5 Å². The molecule has 4 aromatic rings. The van der Waals surface area contributed by atoms with Crippen LogP contribution in [-0.2, 0) is 5.75 Å². The molecular weight excluding hydrogens is 472 g/mol. The molecule has 34 heavy (non-hydrogen) atoms. The molecule has 1 aliphatic heterocycles. The SMILES string of the molecule is CSc1ccc(-c2noc(CSc3nc4cc5c(cc4c(=O)n3C3CCCC3)OCO5)n2)cc1. The van der Waals surface area contributed by atoms with Crippen LogP contribution >= 0.6 is 23.5 Å². The first-order valence-corrected chi connectivity index (χ1v) is 13.4. The highest BCUT2D eigenvalue weighted by molar-refractivity contribution is 7.98. The molecule has 0 saturated heterocycles. The molecule has 6 rings (SSSR count). The summed E-state index contributed by atoms with van der Waals surface area (Å²) in [6.07, 6.45) is 6.22. The van der Waals surface area contributed by atoms with Gasteiger partial charge in [0.05, 0.1) is 16.7 Å². The van der Waals surface area contributed by atoms with Crippen LogP contribution in [0.3, 0.4) is 0 Å². The second kappa shape index (κ2) is 8.99. The molecule has 0 radical (unpaired) electrons. The second-order valence-corrected chi connectivity index (χ2v) is 10.1. The summed E-state index contributed by atoms with van der Waals surface area (Å²) in [5.41, 5.74) is 1.46. The maximum absolute atomic E-state index is 13.5. The zero-order valence-electron chi connectivity index (χ0n) is 18.5. The summed E-state index contributed by atoms with van der Waals surface area (Å²) in [4.78, 5) is 24.1. The third-order valence-corrected chi connectivity index (χ3v) is 7.87. The van der Waals surface area contributed by atoms with Crippen LogP contribution in [0.1, 0.15) is 37.6 Å². The number of thioether (sulfide) groups is 2. The lowest BCUT2D eigenvalue weighted by atomic mass is 10.2. The van der Waals surface area contributed by atoms with Crippen LogP contribution in [0.4, 0.5) is 0 Å². The summed E-state index contributed by atoms with van der Waals surface area (Å²) in [5, 5.41) is 5.35. The Balaban J connectivity index is 1.32. The lowest BCUT2D eigenvalue weighted by Gasteiger charge is -2.18. The second-order valence-electron chi connectivity index (χ2n) is 8.26. The number of ether oxygens (including phenoxy) is 2. The van der Waals surface area contributed by atoms with Gasteiger partial charge in [0.1, 0.15) is 0 Å². The molecule has 2 aromatic carbocycles. The predicted octanol–water partition coefficient (Wildman–Crippen LogP) is 5.30. The van der Waals surface area contributed by atoms with Gasteiger partial charge in [0, 0.05) is 22.6 Å². The van der Waals surface area contributed by atoms with Crippen LogP contribution in [0, 0.1) is 0 Å². The maximum Gasteiger partial charge on any atom is 0.262 e. The average molecular weight is 495 g/mol. The van der Waals surface area contributed by atoms with Crippen LogP contribution in [0.25, 0.3) is 22.3 Å². The molecule has 1 fully saturated rings. The fourth-order valence-electron chi connectivity index (χ4n) is 4.45. The molecule has 10 heteroatoms. The average Bonchev–Trinajstić information content (AvgIpc) is 3.64. The predicted molar refractivity (Wildman–Crippen MR) is 131 cm³/mol. The maximum atomic E-state index is 13.5. The van der Waals surface area contributed by atoms with Gasteiger partial charge in [-0.25, -0.2) is 4.98 Å². The van der Waals surface area contributed by atoms with E-state index in [4.69, 9.17) is 19.0 Å². The highest BCUT2D eigenvalue weighted by atomic mass is 32.2. The third-order valence-electron chi connectivity index (χ3n) is 6.19. The Morgan fingerprint density at radius 1 is 1.06 bits per heavy atom. The molecule has 3 heterocycles. The van der Waals surface area contributed by atoms with E-state index in [1.807, 2.05) is 35.1 Å². The van der Waals surface area contributed by atoms with Crippen molar-refractivity contribution >= 4 is 34.4 Å². The zero-order valence-corrected chi connectivity index (χ0v) is 20.2. The third kappa shape index (κ3) is 3.94. The van der Waals surface area contributed by atoms with E-state index < -0.39 is 0 Å². The summed E-state index contributed by atoms with van der Waals surface area (Å²) in [7, 11) is 0. The Morgan fingerprint density at radius 3 is 2.59 bits per heavy atom. The molecule has 1 saturated carbocycles. The number of hydrogen-bond acceptors (Lipinski definition) is 9. The van der Waals surface area contributed by atoms with Gasteiger partial charge in [-0.05, 0) is 49.4 Å². The van der Waals surface area contributed by atoms with Crippen LogP contribution in [0.2, 0.25) is 0 Å². The van der Waals surface area contributed by atoms with E-state index in [1.165, 1.54) is 16.7 Å². The van der Waals surface area contributed by atoms with Gasteiger partial charge in [0.15, 0.2) is 16.7 Å². The van der Waals surface area contributed by atoms with Crippen molar-refractivity contribution in [1.82, 2.24) is 19.7 Å². The summed E-state index contributed by atoms with van der Waals surface area (Å²) < 4.78 is 18.3. The molecule has 174 valence electrons. The van der Waals surface area contributed by atoms with Crippen molar-refractivity contribution in [2.45, 2.75) is 47.5 Å². The summed E-state index contributed by atoms with van der Waals surface area (Å²) in [6.45, 7) is 0.156. The normalized spacial score (nSPS) is 15.4. The van der Waals surface area contributed by atoms with Gasteiger partial charge in [-0.2, -0.15) is 4.98 Å². The number of aromatic nitrogens is 4. The van der Waals surface area contributed by atoms with Gasteiger partial charge in [0.25, 0.3) is 5.56 Å². The first-order valence-electron chi connectivity index (χ1n) is 11.2. The van der Waals surface area contributed by atoms with Gasteiger partial charge in [-0.1, -0.05) is 29.8 Å². The zero-order chi connectivity index (χ0) is 23.1. The number of rotatable bonds is 6. The fraction of sp³-hybridized carbons (Fsp3) is 0.333. The highest BCUT2D eigenvalue weighted by Crippen LogP contribution is 2.37. The Hall–Kier alpha value is -2.98. The van der Waals surface area contributed by atoms with E-state index in [9.17, 15) is 4.79 Å². The molecule has 0 atom stereocenters. The van der Waals surface area contributed by atoms with Gasteiger partial charge in [-0.3, -0.25) is 9.36 Å². The molecule has 0 spiro atoms. The largest absolute Gasteiger partial charge is 0.454 e. The molecule has 0 amide bonds. The molecule has 2 aliphatic rings. The van der Waals surface area contributed by atoms with E-state index >= 15 is 0 Å². The number of fused-ring (bicyclic) bond motifs is 2. The number of nitrogens with zero attached hydrogens (tertiary/aromatic N) is 4. The molecule has 0 unspecified atom stereocenters. The van der Waals surface area contributed by atoms with E-state index in [-0.39, 0.29) is 18.4 Å². The molecule has 0 bridgehead atoms. The summed E-state index contributed by atoms with van der Waals surface area (Å²) >= 11 is 3.13. The number of hydrogen-bond donors (Lipinski definition) is 0. The highest BCUT2D eigenvalue weighted by Gasteiger charge is 2.25. The van der Waals surface area contributed by atoms with Gasteiger partial charge in [0.2, 0.25) is 18.5 Å². The van der Waals surface area contributed by atoms with Crippen molar-refractivity contribution in [3.05, 3.63) is 52.6 Å². The van der Waals surface area contributed by atoms with Crippen LogP contribution in [-0.4, -0.2) is 32.7 Å². The standard InChI is InChI=1S/C24H22N4O4S2/c1-33-16-8-6-14(7-9-16)22-26-21(32-27-22)12-34-24-25-18-11-20-19(30-13-31-20)10-17(18)23(29)28(24)15-4-2-3-5-15/h6-11,15H,2-5,12-13H2,1H3. The summed E-state index contributed by atoms with van der Waals surface area (Å²) in [5.74, 6) is 2.67. The van der Waals surface area contributed by atoms with Crippen molar-refractivity contribution < 1.29 is 14.0 Å². The first kappa shape index (κ1) is 21.5. The van der Waals surface area contributed by atoms with Crippen LogP contribution < -0.4 is 15.0 Å². The Morgan fingerprint density at radius 2 is 1.82 bits per heavy atom. The van der Waals surface area contributed by atoms with E-state index in [0.29, 0.717) is 45.0 Å². The van der Waals surface area contributed by atoms with Gasteiger partial charge >= 0.3 is 0 Å². The molecule has 2 aromatic heterocycles. The van der Waals surface area contributed by atoms with E-state index in [1.54, 1.807) is 23.9 Å². The minimum absolute atomic E-state index is 0.0437. The van der Waals surface area contributed by atoms with E-state index in [0.717, 1.165) is 31.2 Å². The number of benzene rings is 2. The Bertz CT molecular complexity index is 1410. The van der Waals surface area contributed by atoms with Crippen molar-refractivity contribution in [2.75, 3.05) is 13.0 Å². The van der Waals surface area contributed by atoms with E-state index in [2.05, 4.69) is 10.1 Å². The van der Waals surface area contributed by atoms with Gasteiger partial charge in [-0.15, -0.1) is 11.8 Å². The van der Waals surface area contributed by atoms with Crippen molar-refractivity contribution in [2.24, 2.45) is 0 Å². The minimum Gasteiger partial charge on any atom is -0.454 e. The molecule has 0 N–H and O–H groups in total. The van der Waals surface area contributed by atoms with Crippen molar-refractivity contribution in [3.8, 4) is 22.9 Å².